The van der Waals surface area contributed by atoms with Crippen molar-refractivity contribution in [2.24, 2.45) is 5.92 Å². The van der Waals surface area contributed by atoms with Crippen molar-refractivity contribution in [3.63, 3.8) is 0 Å². The third-order valence-electron chi connectivity index (χ3n) is 4.20. The minimum atomic E-state index is -0.815. The Morgan fingerprint density at radius 3 is 2.57 bits per heavy atom. The van der Waals surface area contributed by atoms with E-state index in [-0.39, 0.29) is 24.5 Å². The van der Waals surface area contributed by atoms with Crippen molar-refractivity contribution in [2.45, 2.75) is 32.4 Å². The average Bonchev–Trinajstić information content (AvgIpc) is 2.95. The molecule has 0 spiro atoms. The van der Waals surface area contributed by atoms with Gasteiger partial charge in [-0.3, -0.25) is 9.69 Å². The number of likely N-dealkylation sites (N-methyl/N-ethyl adjacent to an activating group) is 1. The van der Waals surface area contributed by atoms with Crippen LogP contribution in [0, 0.1) is 11.7 Å². The van der Waals surface area contributed by atoms with Crippen LogP contribution in [-0.2, 0) is 9.53 Å². The number of aliphatic carboxylic acids is 1. The van der Waals surface area contributed by atoms with Crippen LogP contribution in [0.4, 0.5) is 4.39 Å². The van der Waals surface area contributed by atoms with Crippen molar-refractivity contribution in [1.82, 2.24) is 4.90 Å². The summed E-state index contributed by atoms with van der Waals surface area (Å²) >= 11 is 0. The monoisotopic (exact) mass is 295 g/mol. The first-order chi connectivity index (χ1) is 10.1. The van der Waals surface area contributed by atoms with E-state index in [0.717, 1.165) is 18.5 Å². The maximum Gasteiger partial charge on any atom is 0.310 e. The molecule has 0 aromatic heterocycles. The van der Waals surface area contributed by atoms with Crippen LogP contribution in [0.25, 0.3) is 0 Å². The van der Waals surface area contributed by atoms with Crippen LogP contribution in [0.5, 0.6) is 0 Å². The van der Waals surface area contributed by atoms with Gasteiger partial charge in [0, 0.05) is 12.1 Å². The molecule has 0 bridgehead atoms. The lowest BCUT2D eigenvalue weighted by atomic mass is 9.96. The van der Waals surface area contributed by atoms with Gasteiger partial charge in [0.15, 0.2) is 0 Å². The van der Waals surface area contributed by atoms with E-state index < -0.39 is 11.9 Å². The van der Waals surface area contributed by atoms with Crippen molar-refractivity contribution >= 4 is 5.97 Å². The van der Waals surface area contributed by atoms with Crippen LogP contribution in [0.1, 0.15) is 31.9 Å². The fourth-order valence-electron chi connectivity index (χ4n) is 3.14. The number of halogens is 1. The standard InChI is InChI=1S/C16H22FNO3/c1-3-14(11-5-7-12(17)8-6-11)18(4-2)15-10-21-9-13(15)16(19)20/h5-8,13-15H,3-4,9-10H2,1-2H3,(H,19,20). The van der Waals surface area contributed by atoms with Gasteiger partial charge in [0.1, 0.15) is 5.82 Å². The highest BCUT2D eigenvalue weighted by Gasteiger charge is 2.39. The number of carboxylic acids is 1. The number of nitrogens with zero attached hydrogens (tertiary/aromatic N) is 1. The Hall–Kier alpha value is -1.46. The van der Waals surface area contributed by atoms with Crippen molar-refractivity contribution in [1.29, 1.82) is 0 Å². The van der Waals surface area contributed by atoms with E-state index in [4.69, 9.17) is 4.74 Å². The molecule has 21 heavy (non-hydrogen) atoms. The Kier molecular flexibility index (Phi) is 5.31. The SMILES string of the molecule is CCC(c1ccc(F)cc1)N(CC)C1COCC1C(=O)O. The highest BCUT2D eigenvalue weighted by molar-refractivity contribution is 5.71. The Bertz CT molecular complexity index is 477. The van der Waals surface area contributed by atoms with Crippen LogP contribution < -0.4 is 0 Å². The zero-order valence-corrected chi connectivity index (χ0v) is 12.5. The van der Waals surface area contributed by atoms with E-state index in [1.165, 1.54) is 12.1 Å². The van der Waals surface area contributed by atoms with E-state index in [1.807, 2.05) is 6.92 Å². The summed E-state index contributed by atoms with van der Waals surface area (Å²) < 4.78 is 18.5. The molecule has 1 fully saturated rings. The second kappa shape index (κ2) is 7.00. The first-order valence-corrected chi connectivity index (χ1v) is 7.40. The molecule has 2 rings (SSSR count). The Morgan fingerprint density at radius 1 is 1.38 bits per heavy atom. The highest BCUT2D eigenvalue weighted by atomic mass is 19.1. The van der Waals surface area contributed by atoms with Crippen molar-refractivity contribution < 1.29 is 19.0 Å². The lowest BCUT2D eigenvalue weighted by Gasteiger charge is -2.36. The average molecular weight is 295 g/mol. The van der Waals surface area contributed by atoms with Crippen molar-refractivity contribution in [3.8, 4) is 0 Å². The van der Waals surface area contributed by atoms with E-state index in [9.17, 15) is 14.3 Å². The minimum absolute atomic E-state index is 0.0733. The Labute approximate surface area is 124 Å². The Balaban J connectivity index is 2.25. The summed E-state index contributed by atoms with van der Waals surface area (Å²) in [5.74, 6) is -1.58. The first-order valence-electron chi connectivity index (χ1n) is 7.40. The smallest absolute Gasteiger partial charge is 0.310 e. The highest BCUT2D eigenvalue weighted by Crippen LogP contribution is 2.31. The van der Waals surface area contributed by atoms with Gasteiger partial charge in [0.25, 0.3) is 0 Å². The lowest BCUT2D eigenvalue weighted by Crippen LogP contribution is -2.44. The predicted octanol–water partition coefficient (Wildman–Crippen LogP) is 2.70. The van der Waals surface area contributed by atoms with Crippen molar-refractivity contribution in [3.05, 3.63) is 35.6 Å². The van der Waals surface area contributed by atoms with Gasteiger partial charge in [0.05, 0.1) is 19.1 Å². The fourth-order valence-corrected chi connectivity index (χ4v) is 3.14. The molecule has 0 saturated carbocycles. The molecule has 0 amide bonds. The van der Waals surface area contributed by atoms with Gasteiger partial charge in [-0.05, 0) is 30.7 Å². The number of carbonyl (C=O) groups is 1. The molecule has 1 N–H and O–H groups in total. The zero-order chi connectivity index (χ0) is 15.4. The molecule has 1 aromatic rings. The van der Waals surface area contributed by atoms with Gasteiger partial charge in [-0.25, -0.2) is 4.39 Å². The van der Waals surface area contributed by atoms with E-state index in [2.05, 4.69) is 11.8 Å². The van der Waals surface area contributed by atoms with Gasteiger partial charge < -0.3 is 9.84 Å². The topological polar surface area (TPSA) is 49.8 Å². The van der Waals surface area contributed by atoms with Crippen LogP contribution in [0.15, 0.2) is 24.3 Å². The molecular formula is C16H22FNO3. The molecule has 5 heteroatoms. The normalized spacial score (nSPS) is 23.4. The zero-order valence-electron chi connectivity index (χ0n) is 12.5. The summed E-state index contributed by atoms with van der Waals surface area (Å²) in [5, 5.41) is 9.33. The predicted molar refractivity (Wildman–Crippen MR) is 77.5 cm³/mol. The summed E-state index contributed by atoms with van der Waals surface area (Å²) in [6, 6.07) is 6.39. The second-order valence-corrected chi connectivity index (χ2v) is 5.36. The lowest BCUT2D eigenvalue weighted by molar-refractivity contribution is -0.143. The van der Waals surface area contributed by atoms with Crippen LogP contribution >= 0.6 is 0 Å². The number of ether oxygens (including phenoxy) is 1. The van der Waals surface area contributed by atoms with Gasteiger partial charge >= 0.3 is 5.97 Å². The molecule has 1 aliphatic rings. The molecule has 1 aromatic carbocycles. The molecule has 0 aliphatic carbocycles. The first kappa shape index (κ1) is 15.9. The summed E-state index contributed by atoms with van der Waals surface area (Å²) in [4.78, 5) is 13.5. The molecule has 3 unspecified atom stereocenters. The Morgan fingerprint density at radius 2 is 2.05 bits per heavy atom. The number of carboxylic acid groups (broad SMARTS) is 1. The molecular weight excluding hydrogens is 273 g/mol. The number of hydrogen-bond acceptors (Lipinski definition) is 3. The van der Waals surface area contributed by atoms with Crippen LogP contribution in [0.2, 0.25) is 0 Å². The second-order valence-electron chi connectivity index (χ2n) is 5.36. The molecule has 1 aliphatic heterocycles. The quantitative estimate of drug-likeness (QED) is 0.876. The van der Waals surface area contributed by atoms with Gasteiger partial charge in [-0.2, -0.15) is 0 Å². The summed E-state index contributed by atoms with van der Waals surface area (Å²) in [5.41, 5.74) is 1.01. The number of rotatable bonds is 6. The van der Waals surface area contributed by atoms with E-state index in [0.29, 0.717) is 6.61 Å². The number of hydrogen-bond donors (Lipinski definition) is 1. The maximum atomic E-state index is 13.1. The summed E-state index contributed by atoms with van der Waals surface area (Å²) in [6.45, 7) is 5.50. The maximum absolute atomic E-state index is 13.1. The molecule has 0 radical (unpaired) electrons. The van der Waals surface area contributed by atoms with Gasteiger partial charge in [-0.15, -0.1) is 0 Å². The van der Waals surface area contributed by atoms with E-state index in [1.54, 1.807) is 12.1 Å². The van der Waals surface area contributed by atoms with Gasteiger partial charge in [0.2, 0.25) is 0 Å². The largest absolute Gasteiger partial charge is 0.481 e. The molecule has 1 heterocycles. The molecule has 116 valence electrons. The fraction of sp³-hybridized carbons (Fsp3) is 0.562. The van der Waals surface area contributed by atoms with Crippen LogP contribution in [0.3, 0.4) is 0 Å². The minimum Gasteiger partial charge on any atom is -0.481 e. The third-order valence-corrected chi connectivity index (χ3v) is 4.20. The van der Waals surface area contributed by atoms with Crippen LogP contribution in [-0.4, -0.2) is 41.8 Å². The number of benzene rings is 1. The third kappa shape index (κ3) is 3.41. The molecule has 3 atom stereocenters. The summed E-state index contributed by atoms with van der Waals surface area (Å²) in [7, 11) is 0. The summed E-state index contributed by atoms with van der Waals surface area (Å²) in [6.07, 6.45) is 0.836. The molecule has 1 saturated heterocycles. The van der Waals surface area contributed by atoms with E-state index >= 15 is 0 Å². The van der Waals surface area contributed by atoms with Crippen molar-refractivity contribution in [2.75, 3.05) is 19.8 Å². The van der Waals surface area contributed by atoms with Gasteiger partial charge in [-0.1, -0.05) is 26.0 Å². The molecule has 4 nitrogen and oxygen atoms in total.